The van der Waals surface area contributed by atoms with Crippen molar-refractivity contribution in [2.45, 2.75) is 33.2 Å². The van der Waals surface area contributed by atoms with Crippen LogP contribution in [-0.2, 0) is 4.79 Å². The van der Waals surface area contributed by atoms with Crippen molar-refractivity contribution in [3.05, 3.63) is 0 Å². The Morgan fingerprint density at radius 1 is 1.53 bits per heavy atom. The van der Waals surface area contributed by atoms with E-state index in [2.05, 4.69) is 34.8 Å². The zero-order valence-corrected chi connectivity index (χ0v) is 12.4. The third kappa shape index (κ3) is 5.15. The quantitative estimate of drug-likeness (QED) is 0.635. The summed E-state index contributed by atoms with van der Waals surface area (Å²) in [6.07, 6.45) is 1.10. The number of hydrogen-bond donors (Lipinski definition) is 1. The minimum atomic E-state index is 0.139. The number of hydrogen-bond acceptors (Lipinski definition) is 2. The molecule has 0 saturated carbocycles. The molecule has 1 rings (SSSR count). The van der Waals surface area contributed by atoms with Crippen molar-refractivity contribution in [1.82, 2.24) is 10.2 Å². The normalized spacial score (nSPS) is 20.1. The van der Waals surface area contributed by atoms with Crippen LogP contribution in [0.5, 0.6) is 0 Å². The van der Waals surface area contributed by atoms with Gasteiger partial charge in [0, 0.05) is 25.0 Å². The first-order valence-corrected chi connectivity index (χ1v) is 7.70. The van der Waals surface area contributed by atoms with Crippen LogP contribution in [0.2, 0.25) is 0 Å². The Bertz CT molecular complexity index is 185. The SMILES string of the molecule is CCN[C@@H]1CCN(C(=O)C(C)C)C1.CI. The van der Waals surface area contributed by atoms with Crippen LogP contribution in [0.15, 0.2) is 0 Å². The maximum atomic E-state index is 11.6. The highest BCUT2D eigenvalue weighted by molar-refractivity contribution is 14.1. The Labute approximate surface area is 107 Å². The summed E-state index contributed by atoms with van der Waals surface area (Å²) < 4.78 is 0. The van der Waals surface area contributed by atoms with Gasteiger partial charge >= 0.3 is 0 Å². The van der Waals surface area contributed by atoms with Crippen molar-refractivity contribution < 1.29 is 4.79 Å². The van der Waals surface area contributed by atoms with Gasteiger partial charge in [0.15, 0.2) is 0 Å². The van der Waals surface area contributed by atoms with E-state index in [1.165, 1.54) is 0 Å². The first-order chi connectivity index (χ1) is 7.15. The van der Waals surface area contributed by atoms with Gasteiger partial charge in [-0.05, 0) is 17.9 Å². The molecule has 1 atom stereocenters. The minimum absolute atomic E-state index is 0.139. The lowest BCUT2D eigenvalue weighted by molar-refractivity contribution is -0.133. The number of carbonyl (C=O) groups is 1. The lowest BCUT2D eigenvalue weighted by Gasteiger charge is -2.18. The average Bonchev–Trinajstić information content (AvgIpc) is 2.69. The monoisotopic (exact) mass is 326 g/mol. The molecule has 1 aliphatic rings. The van der Waals surface area contributed by atoms with Gasteiger partial charge in [-0.3, -0.25) is 4.79 Å². The predicted octanol–water partition coefficient (Wildman–Crippen LogP) is 1.90. The van der Waals surface area contributed by atoms with Gasteiger partial charge in [-0.15, -0.1) is 0 Å². The number of likely N-dealkylation sites (tertiary alicyclic amines) is 1. The van der Waals surface area contributed by atoms with Gasteiger partial charge in [-0.25, -0.2) is 0 Å². The summed E-state index contributed by atoms with van der Waals surface area (Å²) in [5, 5.41) is 3.37. The van der Waals surface area contributed by atoms with Crippen LogP contribution in [0.3, 0.4) is 0 Å². The van der Waals surface area contributed by atoms with E-state index in [0.29, 0.717) is 11.9 Å². The highest BCUT2D eigenvalue weighted by Gasteiger charge is 2.26. The van der Waals surface area contributed by atoms with E-state index in [1.54, 1.807) is 0 Å². The van der Waals surface area contributed by atoms with Crippen molar-refractivity contribution in [2.75, 3.05) is 24.6 Å². The van der Waals surface area contributed by atoms with Gasteiger partial charge in [0.25, 0.3) is 0 Å². The van der Waals surface area contributed by atoms with E-state index >= 15 is 0 Å². The van der Waals surface area contributed by atoms with Crippen molar-refractivity contribution >= 4 is 28.5 Å². The molecule has 0 aliphatic carbocycles. The highest BCUT2D eigenvalue weighted by atomic mass is 127. The fourth-order valence-electron chi connectivity index (χ4n) is 1.78. The number of carbonyl (C=O) groups excluding carboxylic acids is 1. The molecule has 1 saturated heterocycles. The van der Waals surface area contributed by atoms with Gasteiger partial charge in [0.1, 0.15) is 0 Å². The lowest BCUT2D eigenvalue weighted by atomic mass is 10.2. The number of halogens is 1. The number of nitrogens with zero attached hydrogens (tertiary/aromatic N) is 1. The molecule has 0 aromatic rings. The molecule has 0 bridgehead atoms. The topological polar surface area (TPSA) is 32.3 Å². The van der Waals surface area contributed by atoms with E-state index in [0.717, 1.165) is 26.1 Å². The summed E-state index contributed by atoms with van der Waals surface area (Å²) in [5.41, 5.74) is 0. The van der Waals surface area contributed by atoms with Crippen LogP contribution in [0, 0.1) is 5.92 Å². The fraction of sp³-hybridized carbons (Fsp3) is 0.909. The van der Waals surface area contributed by atoms with E-state index < -0.39 is 0 Å². The molecular weight excluding hydrogens is 303 g/mol. The molecule has 90 valence electrons. The Morgan fingerprint density at radius 3 is 2.60 bits per heavy atom. The van der Waals surface area contributed by atoms with Gasteiger partial charge in [0.2, 0.25) is 5.91 Å². The minimum Gasteiger partial charge on any atom is -0.341 e. The second kappa shape index (κ2) is 8.33. The number of nitrogens with one attached hydrogen (secondary N) is 1. The van der Waals surface area contributed by atoms with Gasteiger partial charge in [-0.1, -0.05) is 43.4 Å². The third-order valence-electron chi connectivity index (χ3n) is 2.49. The maximum Gasteiger partial charge on any atom is 0.225 e. The Balaban J connectivity index is 0.000000921. The van der Waals surface area contributed by atoms with Crippen LogP contribution in [-0.4, -0.2) is 41.4 Å². The van der Waals surface area contributed by atoms with Crippen molar-refractivity contribution in [3.8, 4) is 0 Å². The Morgan fingerprint density at radius 2 is 2.13 bits per heavy atom. The van der Waals surface area contributed by atoms with E-state index in [1.807, 2.05) is 23.7 Å². The largest absolute Gasteiger partial charge is 0.341 e. The van der Waals surface area contributed by atoms with Crippen LogP contribution in [0.1, 0.15) is 27.2 Å². The summed E-state index contributed by atoms with van der Waals surface area (Å²) in [6, 6.07) is 0.521. The van der Waals surface area contributed by atoms with Crippen LogP contribution in [0.25, 0.3) is 0 Å². The lowest BCUT2D eigenvalue weighted by Crippen LogP contribution is -2.36. The molecular formula is C11H23IN2O. The predicted molar refractivity (Wildman–Crippen MR) is 73.4 cm³/mol. The average molecular weight is 326 g/mol. The molecule has 1 heterocycles. The zero-order valence-electron chi connectivity index (χ0n) is 10.2. The van der Waals surface area contributed by atoms with Gasteiger partial charge in [0.05, 0.1) is 0 Å². The van der Waals surface area contributed by atoms with Crippen LogP contribution in [0.4, 0.5) is 0 Å². The maximum absolute atomic E-state index is 11.6. The molecule has 4 heteroatoms. The molecule has 1 amide bonds. The smallest absolute Gasteiger partial charge is 0.225 e. The molecule has 0 spiro atoms. The van der Waals surface area contributed by atoms with E-state index in [4.69, 9.17) is 0 Å². The van der Waals surface area contributed by atoms with Gasteiger partial charge in [-0.2, -0.15) is 0 Å². The second-order valence-corrected chi connectivity index (χ2v) is 3.98. The molecule has 1 aliphatic heterocycles. The van der Waals surface area contributed by atoms with Crippen molar-refractivity contribution in [3.63, 3.8) is 0 Å². The molecule has 0 aromatic carbocycles. The first-order valence-electron chi connectivity index (χ1n) is 5.55. The second-order valence-electron chi connectivity index (χ2n) is 3.98. The summed E-state index contributed by atoms with van der Waals surface area (Å²) >= 11 is 2.15. The number of likely N-dealkylation sites (N-methyl/N-ethyl adjacent to an activating group) is 1. The highest BCUT2D eigenvalue weighted by Crippen LogP contribution is 2.12. The molecule has 15 heavy (non-hydrogen) atoms. The first kappa shape index (κ1) is 15.2. The Hall–Kier alpha value is 0.160. The molecule has 0 radical (unpaired) electrons. The van der Waals surface area contributed by atoms with Crippen LogP contribution < -0.4 is 5.32 Å². The van der Waals surface area contributed by atoms with E-state index in [9.17, 15) is 4.79 Å². The summed E-state index contributed by atoms with van der Waals surface area (Å²) in [5.74, 6) is 0.431. The summed E-state index contributed by atoms with van der Waals surface area (Å²) in [6.45, 7) is 8.84. The molecule has 3 nitrogen and oxygen atoms in total. The van der Waals surface area contributed by atoms with Crippen molar-refractivity contribution in [2.24, 2.45) is 5.92 Å². The zero-order chi connectivity index (χ0) is 11.8. The number of alkyl halides is 1. The number of rotatable bonds is 3. The molecule has 0 aromatic heterocycles. The molecule has 1 fully saturated rings. The van der Waals surface area contributed by atoms with Gasteiger partial charge < -0.3 is 10.2 Å². The van der Waals surface area contributed by atoms with E-state index in [-0.39, 0.29) is 5.92 Å². The Kier molecular flexibility index (Phi) is 8.42. The van der Waals surface area contributed by atoms with Crippen LogP contribution >= 0.6 is 22.6 Å². The number of amides is 1. The third-order valence-corrected chi connectivity index (χ3v) is 2.49. The standard InChI is InChI=1S/C10H20N2O.CH3I/c1-4-11-9-5-6-12(7-9)10(13)8(2)3;1-2/h8-9,11H,4-7H2,1-3H3;1H3/t9-;/m1./s1. The summed E-state index contributed by atoms with van der Waals surface area (Å²) in [7, 11) is 0. The van der Waals surface area contributed by atoms with Crippen molar-refractivity contribution in [1.29, 1.82) is 0 Å². The molecule has 1 N–H and O–H groups in total. The fourth-order valence-corrected chi connectivity index (χ4v) is 1.78. The summed E-state index contributed by atoms with van der Waals surface area (Å²) in [4.78, 5) is 15.5. The molecule has 0 unspecified atom stereocenters.